The Morgan fingerprint density at radius 1 is 0.828 bits per heavy atom. The van der Waals surface area contributed by atoms with Crippen LogP contribution in [0.25, 0.3) is 5.57 Å². The summed E-state index contributed by atoms with van der Waals surface area (Å²) in [4.78, 5) is 14.9. The van der Waals surface area contributed by atoms with Crippen molar-refractivity contribution in [1.82, 2.24) is 0 Å². The molecule has 1 heterocycles. The smallest absolute Gasteiger partial charge is 0.294 e. The molecule has 29 heavy (non-hydrogen) atoms. The Morgan fingerprint density at radius 2 is 1.38 bits per heavy atom. The molecular weight excluding hydrogens is 358 g/mol. The maximum Gasteiger partial charge on any atom is 0.294 e. The summed E-state index contributed by atoms with van der Waals surface area (Å²) in [6.45, 7) is 6.16. The first kappa shape index (κ1) is 19.0. The molecule has 1 atom stereocenters. The number of hydrogen-bond acceptors (Lipinski definition) is 2. The SMILES string of the molecule is CCc1ccc([C@H]2C(c3ccc(C)cc3)=C(O)C(=O)N2c2ccc(C)cc2)cc1. The van der Waals surface area contributed by atoms with E-state index in [1.54, 1.807) is 4.90 Å². The van der Waals surface area contributed by atoms with Gasteiger partial charge in [-0.05, 0) is 49.1 Å². The monoisotopic (exact) mass is 383 g/mol. The lowest BCUT2D eigenvalue weighted by Gasteiger charge is -2.28. The Morgan fingerprint density at radius 3 is 1.93 bits per heavy atom. The van der Waals surface area contributed by atoms with Crippen molar-refractivity contribution in [1.29, 1.82) is 0 Å². The highest BCUT2D eigenvalue weighted by atomic mass is 16.3. The normalized spacial score (nSPS) is 16.6. The summed E-state index contributed by atoms with van der Waals surface area (Å²) in [6.07, 6.45) is 0.956. The molecule has 0 fully saturated rings. The van der Waals surface area contributed by atoms with Crippen LogP contribution in [0.5, 0.6) is 0 Å². The number of nitrogens with zero attached hydrogens (tertiary/aromatic N) is 1. The molecule has 4 rings (SSSR count). The highest BCUT2D eigenvalue weighted by Crippen LogP contribution is 2.45. The highest BCUT2D eigenvalue weighted by Gasteiger charge is 2.41. The first-order chi connectivity index (χ1) is 14.0. The van der Waals surface area contributed by atoms with E-state index in [-0.39, 0.29) is 17.7 Å². The average molecular weight is 383 g/mol. The van der Waals surface area contributed by atoms with Crippen LogP contribution in [-0.4, -0.2) is 11.0 Å². The van der Waals surface area contributed by atoms with Gasteiger partial charge in [0.2, 0.25) is 0 Å². The molecule has 1 amide bonds. The van der Waals surface area contributed by atoms with E-state index in [0.717, 1.165) is 34.4 Å². The molecule has 3 aromatic carbocycles. The van der Waals surface area contributed by atoms with E-state index < -0.39 is 0 Å². The third-order valence-electron chi connectivity index (χ3n) is 5.59. The number of aryl methyl sites for hydroxylation is 3. The average Bonchev–Trinajstić information content (AvgIpc) is 3.00. The van der Waals surface area contributed by atoms with Crippen molar-refractivity contribution >= 4 is 17.2 Å². The van der Waals surface area contributed by atoms with Crippen molar-refractivity contribution < 1.29 is 9.90 Å². The van der Waals surface area contributed by atoms with Crippen LogP contribution in [0.1, 0.15) is 40.8 Å². The minimum Gasteiger partial charge on any atom is -0.503 e. The zero-order chi connectivity index (χ0) is 20.5. The first-order valence-electron chi connectivity index (χ1n) is 9.99. The molecule has 0 spiro atoms. The van der Waals surface area contributed by atoms with Gasteiger partial charge in [0.1, 0.15) is 0 Å². The summed E-state index contributed by atoms with van der Waals surface area (Å²) in [6, 6.07) is 23.7. The predicted octanol–water partition coefficient (Wildman–Crippen LogP) is 5.92. The molecule has 3 nitrogen and oxygen atoms in total. The topological polar surface area (TPSA) is 40.5 Å². The Bertz CT molecular complexity index is 1060. The van der Waals surface area contributed by atoms with Gasteiger partial charge in [-0.3, -0.25) is 9.69 Å². The van der Waals surface area contributed by atoms with E-state index in [4.69, 9.17) is 0 Å². The van der Waals surface area contributed by atoms with Crippen molar-refractivity contribution in [3.05, 3.63) is 106 Å². The van der Waals surface area contributed by atoms with Crippen molar-refractivity contribution in [3.8, 4) is 0 Å². The summed E-state index contributed by atoms with van der Waals surface area (Å²) in [5.41, 5.74) is 6.78. The molecule has 1 aliphatic heterocycles. The lowest BCUT2D eigenvalue weighted by atomic mass is 9.92. The molecule has 0 saturated carbocycles. The van der Waals surface area contributed by atoms with Crippen LogP contribution < -0.4 is 4.90 Å². The third kappa shape index (κ3) is 3.44. The van der Waals surface area contributed by atoms with Crippen molar-refractivity contribution in [2.75, 3.05) is 4.90 Å². The second-order valence-electron chi connectivity index (χ2n) is 7.64. The number of carbonyl (C=O) groups is 1. The van der Waals surface area contributed by atoms with E-state index >= 15 is 0 Å². The van der Waals surface area contributed by atoms with E-state index in [1.807, 2.05) is 62.4 Å². The van der Waals surface area contributed by atoms with E-state index in [9.17, 15) is 9.90 Å². The summed E-state index contributed by atoms with van der Waals surface area (Å²) in [5.74, 6) is -0.548. The number of benzene rings is 3. The first-order valence-corrected chi connectivity index (χ1v) is 9.99. The number of aliphatic hydroxyl groups is 1. The van der Waals surface area contributed by atoms with E-state index in [2.05, 4.69) is 31.2 Å². The number of anilines is 1. The van der Waals surface area contributed by atoms with Gasteiger partial charge in [-0.2, -0.15) is 0 Å². The molecule has 0 aromatic heterocycles. The summed E-state index contributed by atoms with van der Waals surface area (Å²) in [5, 5.41) is 10.9. The minimum atomic E-state index is -0.376. The van der Waals surface area contributed by atoms with Crippen LogP contribution >= 0.6 is 0 Å². The second-order valence-corrected chi connectivity index (χ2v) is 7.64. The second kappa shape index (κ2) is 7.59. The van der Waals surface area contributed by atoms with Crippen molar-refractivity contribution in [2.45, 2.75) is 33.2 Å². The zero-order valence-electron chi connectivity index (χ0n) is 17.0. The van der Waals surface area contributed by atoms with E-state index in [1.165, 1.54) is 5.56 Å². The maximum absolute atomic E-state index is 13.2. The molecule has 1 aliphatic rings. The van der Waals surface area contributed by atoms with Crippen LogP contribution in [0.3, 0.4) is 0 Å². The Kier molecular flexibility index (Phi) is 4.98. The Labute approximate surface area is 171 Å². The number of rotatable bonds is 4. The van der Waals surface area contributed by atoms with Gasteiger partial charge >= 0.3 is 0 Å². The molecule has 0 unspecified atom stereocenters. The zero-order valence-corrected chi connectivity index (χ0v) is 17.0. The molecule has 3 heteroatoms. The fourth-order valence-corrected chi connectivity index (χ4v) is 3.86. The molecular formula is C26H25NO2. The van der Waals surface area contributed by atoms with Gasteiger partial charge in [-0.15, -0.1) is 0 Å². The largest absolute Gasteiger partial charge is 0.503 e. The summed E-state index contributed by atoms with van der Waals surface area (Å²) < 4.78 is 0. The van der Waals surface area contributed by atoms with Crippen LogP contribution in [-0.2, 0) is 11.2 Å². The highest BCUT2D eigenvalue weighted by molar-refractivity contribution is 6.16. The lowest BCUT2D eigenvalue weighted by molar-refractivity contribution is -0.117. The van der Waals surface area contributed by atoms with Gasteiger partial charge in [-0.1, -0.05) is 78.7 Å². The van der Waals surface area contributed by atoms with Gasteiger partial charge in [0.25, 0.3) is 5.91 Å². The molecule has 3 aromatic rings. The van der Waals surface area contributed by atoms with E-state index in [0.29, 0.717) is 5.57 Å². The quantitative estimate of drug-likeness (QED) is 0.607. The van der Waals surface area contributed by atoms with Crippen LogP contribution in [0.4, 0.5) is 5.69 Å². The third-order valence-corrected chi connectivity index (χ3v) is 5.59. The Hall–Kier alpha value is -3.33. The van der Waals surface area contributed by atoms with Crippen LogP contribution in [0, 0.1) is 13.8 Å². The molecule has 0 aliphatic carbocycles. The number of carbonyl (C=O) groups excluding carboxylic acids is 1. The maximum atomic E-state index is 13.2. The minimum absolute atomic E-state index is 0.181. The van der Waals surface area contributed by atoms with Gasteiger partial charge in [0.15, 0.2) is 5.76 Å². The standard InChI is InChI=1S/C26H25NO2/c1-4-19-9-13-21(14-10-19)24-23(20-11-5-17(2)6-12-20)25(28)26(29)27(24)22-15-7-18(3)8-16-22/h5-16,24,28H,4H2,1-3H3/t24-/m0/s1. The number of amides is 1. The fraction of sp³-hybridized carbons (Fsp3) is 0.192. The molecule has 146 valence electrons. The molecule has 1 N–H and O–H groups in total. The molecule has 0 saturated heterocycles. The molecule has 0 radical (unpaired) electrons. The molecule has 0 bridgehead atoms. The number of hydrogen-bond donors (Lipinski definition) is 1. The fourth-order valence-electron chi connectivity index (χ4n) is 3.86. The van der Waals surface area contributed by atoms with Crippen molar-refractivity contribution in [2.24, 2.45) is 0 Å². The lowest BCUT2D eigenvalue weighted by Crippen LogP contribution is -2.30. The van der Waals surface area contributed by atoms with Gasteiger partial charge in [0, 0.05) is 11.3 Å². The van der Waals surface area contributed by atoms with Crippen molar-refractivity contribution in [3.63, 3.8) is 0 Å². The Balaban J connectivity index is 1.88. The summed E-state index contributed by atoms with van der Waals surface area (Å²) >= 11 is 0. The number of aliphatic hydroxyl groups excluding tert-OH is 1. The van der Waals surface area contributed by atoms with Gasteiger partial charge in [0.05, 0.1) is 6.04 Å². The summed E-state index contributed by atoms with van der Waals surface area (Å²) in [7, 11) is 0. The van der Waals surface area contributed by atoms with Crippen LogP contribution in [0.15, 0.2) is 78.6 Å². The predicted molar refractivity (Wildman–Crippen MR) is 118 cm³/mol. The van der Waals surface area contributed by atoms with Crippen LogP contribution in [0.2, 0.25) is 0 Å². The van der Waals surface area contributed by atoms with Gasteiger partial charge < -0.3 is 5.11 Å². The van der Waals surface area contributed by atoms with Gasteiger partial charge in [-0.25, -0.2) is 0 Å².